The van der Waals surface area contributed by atoms with Crippen molar-refractivity contribution in [3.8, 4) is 0 Å². The van der Waals surface area contributed by atoms with E-state index in [0.717, 1.165) is 36.4 Å². The molecule has 7 heteroatoms. The molecule has 0 amide bonds. The summed E-state index contributed by atoms with van der Waals surface area (Å²) < 4.78 is 6.55. The Morgan fingerprint density at radius 2 is 1.93 bits per heavy atom. The van der Waals surface area contributed by atoms with Crippen LogP contribution in [0.3, 0.4) is 0 Å². The van der Waals surface area contributed by atoms with Gasteiger partial charge >= 0.3 is 0 Å². The van der Waals surface area contributed by atoms with Crippen LogP contribution in [-0.4, -0.2) is 33.6 Å². The van der Waals surface area contributed by atoms with Crippen LogP contribution in [0.25, 0.3) is 11.1 Å². The standard InChI is InChI=1S/C23H26N4O3/c28-18(12-17-4-5-20-19(13-17)24-16-30-20)14-27-22(29)7-6-21(25-27)26-11-3-10-23(15-26)8-1-2-9-23/h4-7,13,16H,1-3,8-12,14-15H2. The highest BCUT2D eigenvalue weighted by molar-refractivity contribution is 5.82. The number of hydrogen-bond donors (Lipinski definition) is 0. The fourth-order valence-corrected chi connectivity index (χ4v) is 5.12. The average Bonchev–Trinajstić information content (AvgIpc) is 3.39. The van der Waals surface area contributed by atoms with Gasteiger partial charge in [-0.2, -0.15) is 5.10 Å². The normalized spacial score (nSPS) is 18.3. The summed E-state index contributed by atoms with van der Waals surface area (Å²) in [5, 5.41) is 4.56. The molecule has 0 N–H and O–H groups in total. The lowest BCUT2D eigenvalue weighted by atomic mass is 9.78. The Morgan fingerprint density at radius 1 is 1.10 bits per heavy atom. The number of nitrogens with zero attached hydrogens (tertiary/aromatic N) is 4. The molecular weight excluding hydrogens is 380 g/mol. The molecule has 1 aromatic carbocycles. The number of rotatable bonds is 5. The van der Waals surface area contributed by atoms with Crippen molar-refractivity contribution in [3.05, 3.63) is 52.6 Å². The Hall–Kier alpha value is -2.96. The van der Waals surface area contributed by atoms with Gasteiger partial charge in [0.05, 0.1) is 0 Å². The maximum absolute atomic E-state index is 12.6. The van der Waals surface area contributed by atoms with Gasteiger partial charge in [0.1, 0.15) is 17.9 Å². The van der Waals surface area contributed by atoms with Crippen LogP contribution < -0.4 is 10.5 Å². The summed E-state index contributed by atoms with van der Waals surface area (Å²) in [5.41, 5.74) is 2.44. The molecule has 1 saturated heterocycles. The van der Waals surface area contributed by atoms with Gasteiger partial charge in [0.2, 0.25) is 0 Å². The molecule has 0 radical (unpaired) electrons. The van der Waals surface area contributed by atoms with Gasteiger partial charge in [-0.05, 0) is 54.9 Å². The van der Waals surface area contributed by atoms with Crippen molar-refractivity contribution in [2.24, 2.45) is 5.41 Å². The summed E-state index contributed by atoms with van der Waals surface area (Å²) in [7, 11) is 0. The summed E-state index contributed by atoms with van der Waals surface area (Å²) in [6.07, 6.45) is 9.27. The second-order valence-corrected chi connectivity index (χ2v) is 8.79. The third-order valence-electron chi connectivity index (χ3n) is 6.62. The van der Waals surface area contributed by atoms with Gasteiger partial charge < -0.3 is 9.32 Å². The van der Waals surface area contributed by atoms with Gasteiger partial charge in [0.25, 0.3) is 5.56 Å². The fourth-order valence-electron chi connectivity index (χ4n) is 5.12. The minimum atomic E-state index is -0.244. The minimum absolute atomic E-state index is 0.0253. The molecule has 1 saturated carbocycles. The molecule has 1 spiro atoms. The van der Waals surface area contributed by atoms with E-state index >= 15 is 0 Å². The third-order valence-corrected chi connectivity index (χ3v) is 6.62. The van der Waals surface area contributed by atoms with Crippen molar-refractivity contribution < 1.29 is 9.21 Å². The molecule has 2 fully saturated rings. The van der Waals surface area contributed by atoms with E-state index in [4.69, 9.17) is 4.42 Å². The van der Waals surface area contributed by atoms with Gasteiger partial charge in [-0.25, -0.2) is 9.67 Å². The highest BCUT2D eigenvalue weighted by Crippen LogP contribution is 2.45. The second kappa shape index (κ2) is 7.70. The number of anilines is 1. The smallest absolute Gasteiger partial charge is 0.267 e. The molecule has 0 bridgehead atoms. The first-order valence-corrected chi connectivity index (χ1v) is 10.8. The van der Waals surface area contributed by atoms with Crippen molar-refractivity contribution >= 4 is 22.7 Å². The van der Waals surface area contributed by atoms with Gasteiger partial charge in [-0.3, -0.25) is 9.59 Å². The van der Waals surface area contributed by atoms with E-state index in [0.29, 0.717) is 11.0 Å². The van der Waals surface area contributed by atoms with Crippen molar-refractivity contribution in [1.82, 2.24) is 14.8 Å². The fraction of sp³-hybridized carbons (Fsp3) is 0.478. The van der Waals surface area contributed by atoms with E-state index in [9.17, 15) is 9.59 Å². The van der Waals surface area contributed by atoms with Crippen LogP contribution in [0.4, 0.5) is 5.82 Å². The number of carbonyl (C=O) groups excluding carboxylic acids is 1. The molecule has 0 unspecified atom stereocenters. The van der Waals surface area contributed by atoms with E-state index in [1.165, 1.54) is 49.2 Å². The third kappa shape index (κ3) is 3.76. The zero-order chi connectivity index (χ0) is 20.6. The van der Waals surface area contributed by atoms with E-state index in [1.54, 1.807) is 6.07 Å². The van der Waals surface area contributed by atoms with Crippen LogP contribution in [0.1, 0.15) is 44.1 Å². The van der Waals surface area contributed by atoms with E-state index in [2.05, 4.69) is 15.0 Å². The lowest BCUT2D eigenvalue weighted by molar-refractivity contribution is -0.119. The van der Waals surface area contributed by atoms with Crippen LogP contribution in [-0.2, 0) is 17.8 Å². The summed E-state index contributed by atoms with van der Waals surface area (Å²) >= 11 is 0. The number of carbonyl (C=O) groups is 1. The number of Topliss-reactive ketones (excluding diaryl/α,β-unsaturated/α-hetero) is 1. The lowest BCUT2D eigenvalue weighted by Crippen LogP contribution is -2.43. The number of ketones is 1. The number of oxazole rings is 1. The van der Waals surface area contributed by atoms with Crippen LogP contribution in [0.5, 0.6) is 0 Å². The topological polar surface area (TPSA) is 81.2 Å². The molecule has 5 rings (SSSR count). The molecular formula is C23H26N4O3. The average molecular weight is 406 g/mol. The number of fused-ring (bicyclic) bond motifs is 1. The Morgan fingerprint density at radius 3 is 2.80 bits per heavy atom. The van der Waals surface area contributed by atoms with Crippen molar-refractivity contribution in [2.45, 2.75) is 51.5 Å². The summed E-state index contributed by atoms with van der Waals surface area (Å²) in [6.45, 7) is 1.94. The van der Waals surface area contributed by atoms with Gasteiger partial charge in [0.15, 0.2) is 17.8 Å². The molecule has 3 heterocycles. The van der Waals surface area contributed by atoms with E-state index in [1.807, 2.05) is 18.2 Å². The van der Waals surface area contributed by atoms with Crippen molar-refractivity contribution in [3.63, 3.8) is 0 Å². The van der Waals surface area contributed by atoms with Crippen LogP contribution >= 0.6 is 0 Å². The van der Waals surface area contributed by atoms with Crippen molar-refractivity contribution in [2.75, 3.05) is 18.0 Å². The van der Waals surface area contributed by atoms with Crippen LogP contribution in [0.15, 0.2) is 45.9 Å². The summed E-state index contributed by atoms with van der Waals surface area (Å²) in [4.78, 5) is 31.4. The van der Waals surface area contributed by atoms with Crippen LogP contribution in [0.2, 0.25) is 0 Å². The monoisotopic (exact) mass is 406 g/mol. The van der Waals surface area contributed by atoms with E-state index in [-0.39, 0.29) is 24.3 Å². The highest BCUT2D eigenvalue weighted by atomic mass is 16.3. The second-order valence-electron chi connectivity index (χ2n) is 8.79. The Bertz CT molecular complexity index is 1130. The van der Waals surface area contributed by atoms with Gasteiger partial charge in [0, 0.05) is 25.6 Å². The maximum Gasteiger partial charge on any atom is 0.267 e. The molecule has 7 nitrogen and oxygen atoms in total. The van der Waals surface area contributed by atoms with Crippen molar-refractivity contribution in [1.29, 1.82) is 0 Å². The Kier molecular flexibility index (Phi) is 4.89. The molecule has 3 aromatic rings. The summed E-state index contributed by atoms with van der Waals surface area (Å²) in [6, 6.07) is 8.85. The number of piperidine rings is 1. The molecule has 2 aromatic heterocycles. The highest BCUT2D eigenvalue weighted by Gasteiger charge is 2.38. The first-order chi connectivity index (χ1) is 14.6. The number of aromatic nitrogens is 3. The van der Waals surface area contributed by atoms with Gasteiger partial charge in [-0.1, -0.05) is 18.9 Å². The van der Waals surface area contributed by atoms with E-state index < -0.39 is 0 Å². The maximum atomic E-state index is 12.6. The lowest BCUT2D eigenvalue weighted by Gasteiger charge is -2.41. The summed E-state index contributed by atoms with van der Waals surface area (Å²) in [5.74, 6) is 0.743. The molecule has 1 aliphatic heterocycles. The largest absolute Gasteiger partial charge is 0.443 e. The molecule has 1 aliphatic carbocycles. The predicted octanol–water partition coefficient (Wildman–Crippen LogP) is 3.36. The zero-order valence-electron chi connectivity index (χ0n) is 17.0. The number of benzene rings is 1. The van der Waals surface area contributed by atoms with Crippen LogP contribution in [0, 0.1) is 5.41 Å². The quantitative estimate of drug-likeness (QED) is 0.646. The Labute approximate surface area is 174 Å². The molecule has 156 valence electrons. The number of hydrogen-bond acceptors (Lipinski definition) is 6. The molecule has 2 aliphatic rings. The van der Waals surface area contributed by atoms with Gasteiger partial charge in [-0.15, -0.1) is 0 Å². The predicted molar refractivity (Wildman–Crippen MR) is 114 cm³/mol. The molecule has 0 atom stereocenters. The SMILES string of the molecule is O=C(Cc1ccc2ocnc2c1)Cn1nc(N2CCCC3(CCCC3)C2)ccc1=O. The first kappa shape index (κ1) is 19.0. The minimum Gasteiger partial charge on any atom is -0.443 e. The Balaban J connectivity index is 1.30. The zero-order valence-corrected chi connectivity index (χ0v) is 17.0. The first-order valence-electron chi connectivity index (χ1n) is 10.8. The molecule has 30 heavy (non-hydrogen) atoms.